The molecular formula is C25H44N2O3. The van der Waals surface area contributed by atoms with Crippen LogP contribution >= 0.6 is 0 Å². The van der Waals surface area contributed by atoms with E-state index in [4.69, 9.17) is 4.74 Å². The minimum absolute atomic E-state index is 0.235. The second kappa shape index (κ2) is 11.8. The Morgan fingerprint density at radius 2 is 2.10 bits per heavy atom. The van der Waals surface area contributed by atoms with Crippen molar-refractivity contribution < 1.29 is 14.9 Å². The first-order chi connectivity index (χ1) is 14.5. The second-order valence-electron chi connectivity index (χ2n) is 9.92. The van der Waals surface area contributed by atoms with Crippen LogP contribution in [0.15, 0.2) is 23.8 Å². The number of hydrogen-bond acceptors (Lipinski definition) is 5. The molecule has 1 saturated heterocycles. The van der Waals surface area contributed by atoms with Gasteiger partial charge in [-0.2, -0.15) is 0 Å². The van der Waals surface area contributed by atoms with E-state index >= 15 is 0 Å². The minimum atomic E-state index is -0.624. The topological polar surface area (TPSA) is 65.0 Å². The average molecular weight is 421 g/mol. The number of hydrogen-bond donors (Lipinski definition) is 3. The molecule has 3 rings (SSSR count). The first kappa shape index (κ1) is 23.9. The molecule has 2 fully saturated rings. The van der Waals surface area contributed by atoms with Crippen molar-refractivity contribution in [1.29, 1.82) is 0 Å². The van der Waals surface area contributed by atoms with Crippen LogP contribution in [0.2, 0.25) is 0 Å². The van der Waals surface area contributed by atoms with Gasteiger partial charge in [0.1, 0.15) is 0 Å². The highest BCUT2D eigenvalue weighted by atomic mass is 16.5. The Morgan fingerprint density at radius 3 is 2.87 bits per heavy atom. The summed E-state index contributed by atoms with van der Waals surface area (Å²) in [4.78, 5) is 2.47. The third-order valence-corrected chi connectivity index (χ3v) is 7.27. The van der Waals surface area contributed by atoms with E-state index in [0.29, 0.717) is 18.3 Å². The van der Waals surface area contributed by atoms with Crippen molar-refractivity contribution in [2.45, 2.75) is 70.5 Å². The van der Waals surface area contributed by atoms with Crippen molar-refractivity contribution >= 4 is 0 Å². The van der Waals surface area contributed by atoms with Crippen LogP contribution in [-0.2, 0) is 4.74 Å². The second-order valence-corrected chi connectivity index (χ2v) is 9.92. The number of fused-ring (bicyclic) bond motifs is 1. The summed E-state index contributed by atoms with van der Waals surface area (Å²) < 4.78 is 5.40. The lowest BCUT2D eigenvalue weighted by atomic mass is 9.88. The van der Waals surface area contributed by atoms with Gasteiger partial charge in [-0.15, -0.1) is 0 Å². The molecule has 2 aliphatic carbocycles. The van der Waals surface area contributed by atoms with Crippen LogP contribution < -0.4 is 5.32 Å². The SMILES string of the molecule is CCCC[C@](C)(O)CC=C[C@@H]1[C@H]2CC(CCNCCN3CCOCC3)=C[C@H]2C[C@H]1O. The zero-order valence-electron chi connectivity index (χ0n) is 19.2. The van der Waals surface area contributed by atoms with Crippen LogP contribution in [0.3, 0.4) is 0 Å². The van der Waals surface area contributed by atoms with Gasteiger partial charge < -0.3 is 20.3 Å². The summed E-state index contributed by atoms with van der Waals surface area (Å²) in [7, 11) is 0. The van der Waals surface area contributed by atoms with Crippen molar-refractivity contribution in [2.24, 2.45) is 17.8 Å². The molecule has 172 valence electrons. The van der Waals surface area contributed by atoms with E-state index in [1.54, 1.807) is 5.57 Å². The van der Waals surface area contributed by atoms with Gasteiger partial charge in [0.25, 0.3) is 0 Å². The Kier molecular flexibility index (Phi) is 9.39. The van der Waals surface area contributed by atoms with E-state index in [2.05, 4.69) is 35.4 Å². The quantitative estimate of drug-likeness (QED) is 0.334. The van der Waals surface area contributed by atoms with Gasteiger partial charge in [0.15, 0.2) is 0 Å². The number of nitrogens with one attached hydrogen (secondary N) is 1. The van der Waals surface area contributed by atoms with Crippen molar-refractivity contribution in [3.05, 3.63) is 23.8 Å². The molecule has 30 heavy (non-hydrogen) atoms. The van der Waals surface area contributed by atoms with E-state index in [1.165, 1.54) is 0 Å². The summed E-state index contributed by atoms with van der Waals surface area (Å²) in [5, 5.41) is 24.6. The Morgan fingerprint density at radius 1 is 1.30 bits per heavy atom. The molecule has 1 aliphatic heterocycles. The van der Waals surface area contributed by atoms with E-state index in [0.717, 1.165) is 84.5 Å². The summed E-state index contributed by atoms with van der Waals surface area (Å²) >= 11 is 0. The van der Waals surface area contributed by atoms with Crippen LogP contribution in [-0.4, -0.2) is 72.8 Å². The molecule has 0 spiro atoms. The molecule has 0 bridgehead atoms. The number of allylic oxidation sites excluding steroid dienone is 1. The number of unbranched alkanes of at least 4 members (excludes halogenated alkanes) is 1. The zero-order valence-corrected chi connectivity index (χ0v) is 19.2. The highest BCUT2D eigenvalue weighted by Crippen LogP contribution is 2.47. The average Bonchev–Trinajstić information content (AvgIpc) is 3.24. The van der Waals surface area contributed by atoms with Crippen LogP contribution in [0.1, 0.15) is 58.8 Å². The first-order valence-electron chi connectivity index (χ1n) is 12.3. The molecule has 0 aromatic heterocycles. The molecule has 5 atom stereocenters. The smallest absolute Gasteiger partial charge is 0.0654 e. The highest BCUT2D eigenvalue weighted by molar-refractivity contribution is 5.21. The summed E-state index contributed by atoms with van der Waals surface area (Å²) in [6.45, 7) is 11.1. The third kappa shape index (κ3) is 7.16. The van der Waals surface area contributed by atoms with Crippen molar-refractivity contribution in [3.63, 3.8) is 0 Å². The van der Waals surface area contributed by atoms with Crippen LogP contribution in [0.5, 0.6) is 0 Å². The van der Waals surface area contributed by atoms with Gasteiger partial charge in [0.2, 0.25) is 0 Å². The fourth-order valence-electron chi connectivity index (χ4n) is 5.37. The van der Waals surface area contributed by atoms with Gasteiger partial charge in [0, 0.05) is 32.1 Å². The Hall–Kier alpha value is -0.720. The molecule has 0 aromatic carbocycles. The highest BCUT2D eigenvalue weighted by Gasteiger charge is 2.43. The van der Waals surface area contributed by atoms with Crippen molar-refractivity contribution in [2.75, 3.05) is 45.9 Å². The van der Waals surface area contributed by atoms with E-state index in [-0.39, 0.29) is 12.0 Å². The lowest BCUT2D eigenvalue weighted by Crippen LogP contribution is -2.40. The van der Waals surface area contributed by atoms with Gasteiger partial charge in [0.05, 0.1) is 24.9 Å². The first-order valence-corrected chi connectivity index (χ1v) is 12.3. The molecule has 0 radical (unpaired) electrons. The lowest BCUT2D eigenvalue weighted by molar-refractivity contribution is 0.0384. The van der Waals surface area contributed by atoms with Crippen molar-refractivity contribution in [1.82, 2.24) is 10.2 Å². The summed E-state index contributed by atoms with van der Waals surface area (Å²) in [5.41, 5.74) is 0.936. The standard InChI is InChI=1S/C25H44N2O3/c1-3-4-8-25(2,29)9-5-6-22-23-18-20(17-21(23)19-24(22)28)7-10-26-11-12-27-13-15-30-16-14-27/h5-6,17,21-24,26,28-29H,3-4,7-16,18-19H2,1-2H3/t21-,22+,23-,24+,25-/m0/s1. The Bertz CT molecular complexity index is 569. The molecule has 5 nitrogen and oxygen atoms in total. The molecule has 1 heterocycles. The predicted molar refractivity (Wildman–Crippen MR) is 122 cm³/mol. The number of aliphatic hydroxyl groups is 2. The summed E-state index contributed by atoms with van der Waals surface area (Å²) in [6, 6.07) is 0. The normalized spacial score (nSPS) is 31.8. The summed E-state index contributed by atoms with van der Waals surface area (Å²) in [6.07, 6.45) is 13.4. The molecule has 0 amide bonds. The summed E-state index contributed by atoms with van der Waals surface area (Å²) in [5.74, 6) is 1.30. The van der Waals surface area contributed by atoms with E-state index in [9.17, 15) is 10.2 Å². The molecule has 3 N–H and O–H groups in total. The molecule has 0 aromatic rings. The van der Waals surface area contributed by atoms with Crippen molar-refractivity contribution in [3.8, 4) is 0 Å². The molecule has 1 saturated carbocycles. The fourth-order valence-corrected chi connectivity index (χ4v) is 5.37. The number of morpholine rings is 1. The maximum Gasteiger partial charge on any atom is 0.0654 e. The van der Waals surface area contributed by atoms with Gasteiger partial charge >= 0.3 is 0 Å². The van der Waals surface area contributed by atoms with Gasteiger partial charge in [-0.1, -0.05) is 43.6 Å². The monoisotopic (exact) mass is 420 g/mol. The largest absolute Gasteiger partial charge is 0.392 e. The molecule has 0 unspecified atom stereocenters. The van der Waals surface area contributed by atoms with Crippen LogP contribution in [0.4, 0.5) is 0 Å². The predicted octanol–water partition coefficient (Wildman–Crippen LogP) is 3.13. The zero-order chi connectivity index (χ0) is 21.4. The van der Waals surface area contributed by atoms with E-state index in [1.807, 2.05) is 6.92 Å². The number of aliphatic hydroxyl groups excluding tert-OH is 1. The van der Waals surface area contributed by atoms with Gasteiger partial charge in [-0.3, -0.25) is 4.90 Å². The minimum Gasteiger partial charge on any atom is -0.392 e. The van der Waals surface area contributed by atoms with Gasteiger partial charge in [-0.25, -0.2) is 0 Å². The maximum absolute atomic E-state index is 10.6. The van der Waals surface area contributed by atoms with Crippen LogP contribution in [0, 0.1) is 17.8 Å². The number of nitrogens with zero attached hydrogens (tertiary/aromatic N) is 1. The maximum atomic E-state index is 10.6. The molecule has 3 aliphatic rings. The number of ether oxygens (including phenoxy) is 1. The molecule has 5 heteroatoms. The van der Waals surface area contributed by atoms with Crippen LogP contribution in [0.25, 0.3) is 0 Å². The molecular weight excluding hydrogens is 376 g/mol. The third-order valence-electron chi connectivity index (χ3n) is 7.27. The Labute approximate surface area is 183 Å². The number of rotatable bonds is 12. The lowest BCUT2D eigenvalue weighted by Gasteiger charge is -2.26. The van der Waals surface area contributed by atoms with E-state index < -0.39 is 5.60 Å². The fraction of sp³-hybridized carbons (Fsp3) is 0.840. The van der Waals surface area contributed by atoms with Gasteiger partial charge in [-0.05, 0) is 57.4 Å². The Balaban J connectivity index is 1.36.